The quantitative estimate of drug-likeness (QED) is 0.0229. The second kappa shape index (κ2) is 21.7. The lowest BCUT2D eigenvalue weighted by atomic mass is 9.57. The summed E-state index contributed by atoms with van der Waals surface area (Å²) in [5.41, 5.74) is 10.5. The molecule has 7 rings (SSSR count). The third kappa shape index (κ3) is 10.4. The van der Waals surface area contributed by atoms with Gasteiger partial charge >= 0.3 is 0 Å². The smallest absolute Gasteiger partial charge is 0.255 e. The fourth-order valence-corrected chi connectivity index (χ4v) is 17.1. The van der Waals surface area contributed by atoms with Crippen LogP contribution in [0.25, 0.3) is 5.76 Å². The number of Topliss-reactive ketones (excluding diaryl/α,β-unsaturated/α-hetero) is 2. The molecule has 0 radical (unpaired) electrons. The van der Waals surface area contributed by atoms with Crippen LogP contribution < -0.4 is 31.9 Å². The molecule has 4 aromatic carbocycles. The summed E-state index contributed by atoms with van der Waals surface area (Å²) in [6, 6.07) is 22.0. The first kappa shape index (κ1) is 54.0. The number of rotatable bonds is 19. The number of primary amides is 1. The molecule has 0 bridgehead atoms. The van der Waals surface area contributed by atoms with Crippen LogP contribution in [0.15, 0.2) is 77.6 Å². The molecule has 3 aliphatic carbocycles. The van der Waals surface area contributed by atoms with Crippen LogP contribution in [0.4, 0.5) is 11.4 Å². The second-order valence-corrected chi connectivity index (χ2v) is 25.2. The molecule has 0 saturated heterocycles. The predicted octanol–water partition coefficient (Wildman–Crippen LogP) is 8.71. The van der Waals surface area contributed by atoms with E-state index in [1.165, 1.54) is 67.0 Å². The molecule has 384 valence electrons. The van der Waals surface area contributed by atoms with Crippen LogP contribution in [0.1, 0.15) is 115 Å². The van der Waals surface area contributed by atoms with Gasteiger partial charge in [0.25, 0.3) is 5.91 Å². The molecular formula is C59H76N4O8P+. The number of carbonyl (C=O) groups excluding carboxylic acids is 4. The number of anilines is 2. The molecule has 7 N–H and O–H groups in total. The number of hydrogen-bond donors (Lipinski definition) is 6. The Bertz CT molecular complexity index is 2680. The Morgan fingerprint density at radius 3 is 1.60 bits per heavy atom. The summed E-state index contributed by atoms with van der Waals surface area (Å²) < 4.78 is 0. The minimum atomic E-state index is -2.74. The summed E-state index contributed by atoms with van der Waals surface area (Å²) in [5.74, 6) is -7.56. The lowest BCUT2D eigenvalue weighted by molar-refractivity contribution is -0.153. The number of carbonyl (C=O) groups is 4. The number of benzene rings is 4. The minimum Gasteiger partial charge on any atom is -0.508 e. The van der Waals surface area contributed by atoms with Crippen molar-refractivity contribution in [3.63, 3.8) is 0 Å². The zero-order chi connectivity index (χ0) is 52.6. The van der Waals surface area contributed by atoms with E-state index in [9.17, 15) is 39.6 Å². The highest BCUT2D eigenvalue weighted by Crippen LogP contribution is 2.58. The van der Waals surface area contributed by atoms with E-state index in [0.717, 1.165) is 44.7 Å². The van der Waals surface area contributed by atoms with E-state index in [1.54, 1.807) is 39.2 Å². The number of likely N-dealkylation sites (N-methyl/N-ethyl adjacent to an activating group) is 1. The van der Waals surface area contributed by atoms with Crippen LogP contribution in [-0.4, -0.2) is 94.7 Å². The van der Waals surface area contributed by atoms with Crippen LogP contribution in [0.2, 0.25) is 0 Å². The number of aromatic hydroxyl groups is 1. The van der Waals surface area contributed by atoms with Crippen molar-refractivity contribution in [1.82, 2.24) is 4.90 Å². The highest BCUT2D eigenvalue weighted by molar-refractivity contribution is 7.95. The summed E-state index contributed by atoms with van der Waals surface area (Å²) >= 11 is 0. The highest BCUT2D eigenvalue weighted by atomic mass is 31.2. The Morgan fingerprint density at radius 1 is 0.694 bits per heavy atom. The number of amides is 2. The average molecular weight is 1000 g/mol. The van der Waals surface area contributed by atoms with Crippen LogP contribution in [0.3, 0.4) is 0 Å². The number of aliphatic hydroxyl groups is 3. The summed E-state index contributed by atoms with van der Waals surface area (Å²) in [7, 11) is 4.72. The molecule has 0 unspecified atom stereocenters. The second-order valence-electron chi connectivity index (χ2n) is 21.6. The van der Waals surface area contributed by atoms with Crippen molar-refractivity contribution in [2.75, 3.05) is 44.6 Å². The van der Waals surface area contributed by atoms with E-state index in [4.69, 9.17) is 5.73 Å². The number of nitrogens with one attached hydrogen (secondary N) is 1. The number of phenols is 1. The number of nitrogens with zero attached hydrogens (tertiary/aromatic N) is 2. The van der Waals surface area contributed by atoms with E-state index in [1.807, 2.05) is 0 Å². The van der Waals surface area contributed by atoms with E-state index in [2.05, 4.69) is 101 Å². The SMILES string of the molecule is Cc1cc(C)cc([P+](CCCCCCCCCCCC(=O)Nc2cc(N(C)C)c3c(c2O)C(O)=C2C(=O)[C@]4(O)C(O)=C(C(N)=O)C(=O)[C@@H](N(C)C)[C@@H]4C[C@@H]2C3)(c2cc(C)cc(C)c2)c2cc(C)cc(C)c2)c1. The molecule has 0 aliphatic heterocycles. The van der Waals surface area contributed by atoms with E-state index in [-0.39, 0.29) is 42.0 Å². The molecule has 3 aliphatic rings. The van der Waals surface area contributed by atoms with Gasteiger partial charge in [0.15, 0.2) is 11.4 Å². The number of aliphatic hydroxyl groups excluding tert-OH is 2. The van der Waals surface area contributed by atoms with Crippen molar-refractivity contribution < 1.29 is 39.6 Å². The Balaban J connectivity index is 0.957. The number of nitrogens with two attached hydrogens (primary N) is 1. The van der Waals surface area contributed by atoms with Gasteiger partial charge < -0.3 is 36.4 Å². The van der Waals surface area contributed by atoms with Crippen molar-refractivity contribution >= 4 is 63.7 Å². The Morgan fingerprint density at radius 2 is 1.15 bits per heavy atom. The molecule has 4 aromatic rings. The van der Waals surface area contributed by atoms with Crippen molar-refractivity contribution in [2.24, 2.45) is 17.6 Å². The zero-order valence-electron chi connectivity index (χ0n) is 44.0. The monoisotopic (exact) mass is 1000 g/mol. The Kier molecular flexibility index (Phi) is 16.3. The minimum absolute atomic E-state index is 0.0162. The third-order valence-electron chi connectivity index (χ3n) is 15.3. The maximum absolute atomic E-state index is 14.4. The first-order chi connectivity index (χ1) is 34.0. The largest absolute Gasteiger partial charge is 0.508 e. The number of aryl methyl sites for hydroxylation is 6. The number of fused-ring (bicyclic) bond motifs is 3. The van der Waals surface area contributed by atoms with Crippen LogP contribution >= 0.6 is 7.26 Å². The molecule has 0 aromatic heterocycles. The van der Waals surface area contributed by atoms with Crippen molar-refractivity contribution in [1.29, 1.82) is 0 Å². The molecule has 0 heterocycles. The van der Waals surface area contributed by atoms with Crippen LogP contribution in [0.5, 0.6) is 5.75 Å². The number of unbranched alkanes of at least 4 members (excludes halogenated alkanes) is 8. The molecule has 12 nitrogen and oxygen atoms in total. The fourth-order valence-electron chi connectivity index (χ4n) is 12.2. The summed E-state index contributed by atoms with van der Waals surface area (Å²) in [4.78, 5) is 56.9. The molecule has 13 heteroatoms. The van der Waals surface area contributed by atoms with Crippen molar-refractivity contribution in [3.05, 3.63) is 122 Å². The Labute approximate surface area is 426 Å². The fraction of sp³-hybridized carbons (Fsp3) is 0.458. The molecular weight excluding hydrogens is 924 g/mol. The number of ketones is 2. The standard InChI is InChI=1S/C59H75N4O8P/c1-34-22-35(2)26-41(25-34)72(42-27-36(3)23-37(4)28-42,43-29-38(5)24-39(6)30-43)21-19-17-15-13-11-12-14-16-18-20-48(64)61-46-33-47(62(7)8)44-31-40-32-45-52(63(9)10)55(67)51(58(60)70)57(69)59(45,71)56(68)49(40)54(66)50(44)53(46)65/h22-30,33,40,45,52,71H,11-21,31-32H2,1-10H3,(H5-,60,61,64,65,66,67,68,69,70)/p+1/t40-,45-,52-,59-/m0/s1. The van der Waals surface area contributed by atoms with Gasteiger partial charge in [-0.1, -0.05) is 56.7 Å². The van der Waals surface area contributed by atoms with Gasteiger partial charge in [-0.2, -0.15) is 0 Å². The highest BCUT2D eigenvalue weighted by Gasteiger charge is 2.64. The van der Waals surface area contributed by atoms with Gasteiger partial charge in [0.1, 0.15) is 46.0 Å². The first-order valence-electron chi connectivity index (χ1n) is 25.7. The van der Waals surface area contributed by atoms with Gasteiger partial charge in [0.05, 0.1) is 23.5 Å². The van der Waals surface area contributed by atoms with Gasteiger partial charge in [-0.25, -0.2) is 0 Å². The summed E-state index contributed by atoms with van der Waals surface area (Å²) in [5, 5.41) is 54.0. The lowest BCUT2D eigenvalue weighted by Gasteiger charge is -2.50. The third-order valence-corrected chi connectivity index (χ3v) is 19.7. The predicted molar refractivity (Wildman–Crippen MR) is 292 cm³/mol. The van der Waals surface area contributed by atoms with Gasteiger partial charge in [0.2, 0.25) is 11.7 Å². The maximum Gasteiger partial charge on any atom is 0.255 e. The normalized spacial score (nSPS) is 19.9. The van der Waals surface area contributed by atoms with Gasteiger partial charge in [-0.3, -0.25) is 24.1 Å². The van der Waals surface area contributed by atoms with E-state index in [0.29, 0.717) is 17.7 Å². The average Bonchev–Trinajstić information content (AvgIpc) is 3.27. The summed E-state index contributed by atoms with van der Waals surface area (Å²) in [6.45, 7) is 13.3. The molecule has 72 heavy (non-hydrogen) atoms. The van der Waals surface area contributed by atoms with Gasteiger partial charge in [-0.15, -0.1) is 0 Å². The van der Waals surface area contributed by atoms with Crippen LogP contribution in [-0.2, 0) is 25.6 Å². The van der Waals surface area contributed by atoms with E-state index >= 15 is 0 Å². The molecule has 1 fully saturated rings. The number of phenolic OH excluding ortho intramolecular Hbond substituents is 1. The van der Waals surface area contributed by atoms with Crippen molar-refractivity contribution in [2.45, 2.75) is 130 Å². The van der Waals surface area contributed by atoms with Gasteiger partial charge in [-0.05, 0) is 175 Å². The van der Waals surface area contributed by atoms with Crippen molar-refractivity contribution in [3.8, 4) is 5.75 Å². The topological polar surface area (TPSA) is 194 Å². The van der Waals surface area contributed by atoms with E-state index < -0.39 is 71.1 Å². The van der Waals surface area contributed by atoms with Gasteiger partial charge in [0, 0.05) is 37.7 Å². The van der Waals surface area contributed by atoms with Crippen LogP contribution in [0, 0.1) is 53.4 Å². The zero-order valence-corrected chi connectivity index (χ0v) is 44.9. The number of hydrogen-bond acceptors (Lipinski definition) is 10. The first-order valence-corrected chi connectivity index (χ1v) is 27.6. The Hall–Kier alpha value is -5.81. The molecule has 0 spiro atoms. The molecule has 2 amide bonds. The summed E-state index contributed by atoms with van der Waals surface area (Å²) in [6.07, 6.45) is 10.9. The maximum atomic E-state index is 14.4. The molecule has 4 atom stereocenters. The lowest BCUT2D eigenvalue weighted by Crippen LogP contribution is -2.65. The molecule has 1 saturated carbocycles.